The Balaban J connectivity index is 1.59. The summed E-state index contributed by atoms with van der Waals surface area (Å²) >= 11 is 0. The SMILES string of the molecule is COc1ccc(C(=CC=CC(=O)N[C@H](C)CCCc2cncnc2)c2ccccc2)cc1. The van der Waals surface area contributed by atoms with Crippen molar-refractivity contribution in [1.82, 2.24) is 15.3 Å². The molecule has 0 fully saturated rings. The molecule has 0 aliphatic carbocycles. The van der Waals surface area contributed by atoms with Crippen LogP contribution >= 0.6 is 0 Å². The van der Waals surface area contributed by atoms with Crippen LogP contribution in [0.2, 0.25) is 0 Å². The summed E-state index contributed by atoms with van der Waals surface area (Å²) in [5, 5.41) is 3.03. The van der Waals surface area contributed by atoms with Crippen LogP contribution in [0.3, 0.4) is 0 Å². The predicted molar refractivity (Wildman–Crippen MR) is 128 cm³/mol. The predicted octanol–water partition coefficient (Wildman–Crippen LogP) is 5.00. The quantitative estimate of drug-likeness (QED) is 0.365. The molecule has 3 aromatic rings. The first-order chi connectivity index (χ1) is 15.7. The first kappa shape index (κ1) is 22.9. The summed E-state index contributed by atoms with van der Waals surface area (Å²) in [6.07, 6.45) is 13.3. The highest BCUT2D eigenvalue weighted by atomic mass is 16.5. The van der Waals surface area contributed by atoms with Gasteiger partial charge in [-0.3, -0.25) is 4.79 Å². The van der Waals surface area contributed by atoms with Crippen LogP contribution in [0.25, 0.3) is 5.57 Å². The highest BCUT2D eigenvalue weighted by Gasteiger charge is 2.06. The number of hydrogen-bond acceptors (Lipinski definition) is 4. The molecule has 2 aromatic carbocycles. The summed E-state index contributed by atoms with van der Waals surface area (Å²) in [6, 6.07) is 18.1. The maximum Gasteiger partial charge on any atom is 0.244 e. The van der Waals surface area contributed by atoms with E-state index < -0.39 is 0 Å². The van der Waals surface area contributed by atoms with Gasteiger partial charge in [-0.1, -0.05) is 54.6 Å². The Bertz CT molecular complexity index is 1030. The molecule has 1 amide bonds. The Morgan fingerprint density at radius 3 is 2.41 bits per heavy atom. The molecule has 0 bridgehead atoms. The van der Waals surface area contributed by atoms with Crippen molar-refractivity contribution in [2.24, 2.45) is 0 Å². The number of nitrogens with zero attached hydrogens (tertiary/aromatic N) is 2. The maximum absolute atomic E-state index is 12.4. The standard InChI is InChI=1S/C27H29N3O2/c1-21(8-6-9-22-18-28-20-29-19-22)30-27(31)13-7-12-26(23-10-4-3-5-11-23)24-14-16-25(32-2)17-15-24/h3-5,7,10-21H,6,8-9H2,1-2H3,(H,30,31)/t21-/m1/s1. The van der Waals surface area contributed by atoms with Gasteiger partial charge in [0.05, 0.1) is 7.11 Å². The Hall–Kier alpha value is -3.73. The van der Waals surface area contributed by atoms with Crippen LogP contribution in [0.5, 0.6) is 5.75 Å². The lowest BCUT2D eigenvalue weighted by Crippen LogP contribution is -2.31. The normalized spacial score (nSPS) is 12.5. The molecule has 164 valence electrons. The number of aromatic nitrogens is 2. The van der Waals surface area contributed by atoms with Gasteiger partial charge in [-0.05, 0) is 60.6 Å². The van der Waals surface area contributed by atoms with Crippen LogP contribution in [0.15, 0.2) is 91.5 Å². The summed E-state index contributed by atoms with van der Waals surface area (Å²) in [5.41, 5.74) is 4.29. The first-order valence-electron chi connectivity index (χ1n) is 10.8. The van der Waals surface area contributed by atoms with Crippen molar-refractivity contribution in [2.45, 2.75) is 32.2 Å². The molecule has 0 radical (unpaired) electrons. The van der Waals surface area contributed by atoms with Crippen molar-refractivity contribution < 1.29 is 9.53 Å². The lowest BCUT2D eigenvalue weighted by Gasteiger charge is -2.12. The number of rotatable bonds is 10. The molecule has 0 saturated carbocycles. The fourth-order valence-corrected chi connectivity index (χ4v) is 3.41. The van der Waals surface area contributed by atoms with Crippen LogP contribution in [0.1, 0.15) is 36.5 Å². The maximum atomic E-state index is 12.4. The van der Waals surface area contributed by atoms with E-state index in [1.807, 2.05) is 67.9 Å². The number of amides is 1. The van der Waals surface area contributed by atoms with Gasteiger partial charge >= 0.3 is 0 Å². The number of nitrogens with one attached hydrogen (secondary N) is 1. The van der Waals surface area contributed by atoms with Crippen LogP contribution in [0.4, 0.5) is 0 Å². The molecular weight excluding hydrogens is 398 g/mol. The summed E-state index contributed by atoms with van der Waals surface area (Å²) in [5.74, 6) is 0.712. The lowest BCUT2D eigenvalue weighted by molar-refractivity contribution is -0.117. The Labute approximate surface area is 189 Å². The van der Waals surface area contributed by atoms with E-state index in [2.05, 4.69) is 27.4 Å². The van der Waals surface area contributed by atoms with Gasteiger partial charge in [0.25, 0.3) is 0 Å². The molecule has 5 heteroatoms. The first-order valence-corrected chi connectivity index (χ1v) is 10.8. The number of benzene rings is 2. The summed E-state index contributed by atoms with van der Waals surface area (Å²) in [6.45, 7) is 2.02. The number of methoxy groups -OCH3 is 1. The molecule has 1 heterocycles. The molecule has 0 aliphatic rings. The van der Waals surface area contributed by atoms with E-state index in [9.17, 15) is 4.79 Å². The van der Waals surface area contributed by atoms with E-state index in [-0.39, 0.29) is 11.9 Å². The van der Waals surface area contributed by atoms with Crippen molar-refractivity contribution in [2.75, 3.05) is 7.11 Å². The zero-order chi connectivity index (χ0) is 22.6. The lowest BCUT2D eigenvalue weighted by atomic mass is 9.97. The number of carbonyl (C=O) groups excluding carboxylic acids is 1. The van der Waals surface area contributed by atoms with Gasteiger partial charge in [0, 0.05) is 24.5 Å². The van der Waals surface area contributed by atoms with Gasteiger partial charge in [0.15, 0.2) is 0 Å². The number of hydrogen-bond donors (Lipinski definition) is 1. The van der Waals surface area contributed by atoms with Crippen LogP contribution in [-0.2, 0) is 11.2 Å². The van der Waals surface area contributed by atoms with Crippen molar-refractivity contribution in [3.8, 4) is 5.75 Å². The summed E-state index contributed by atoms with van der Waals surface area (Å²) in [7, 11) is 1.65. The molecule has 1 atom stereocenters. The molecule has 1 aromatic heterocycles. The zero-order valence-corrected chi connectivity index (χ0v) is 18.6. The highest BCUT2D eigenvalue weighted by molar-refractivity contribution is 5.89. The molecule has 3 rings (SSSR count). The molecule has 32 heavy (non-hydrogen) atoms. The molecule has 0 aliphatic heterocycles. The third kappa shape index (κ3) is 7.20. The second-order valence-corrected chi connectivity index (χ2v) is 7.58. The molecule has 5 nitrogen and oxygen atoms in total. The number of aryl methyl sites for hydroxylation is 1. The zero-order valence-electron chi connectivity index (χ0n) is 18.6. The summed E-state index contributed by atoms with van der Waals surface area (Å²) in [4.78, 5) is 20.4. The second-order valence-electron chi connectivity index (χ2n) is 7.58. The molecule has 1 N–H and O–H groups in total. The molecular formula is C27H29N3O2. The highest BCUT2D eigenvalue weighted by Crippen LogP contribution is 2.25. The minimum atomic E-state index is -0.0982. The molecule has 0 saturated heterocycles. The second kappa shape index (κ2) is 12.2. The minimum absolute atomic E-state index is 0.0935. The third-order valence-electron chi connectivity index (χ3n) is 5.10. The average Bonchev–Trinajstić information content (AvgIpc) is 2.83. The van der Waals surface area contributed by atoms with E-state index >= 15 is 0 Å². The van der Waals surface area contributed by atoms with Gasteiger partial charge in [-0.25, -0.2) is 9.97 Å². The van der Waals surface area contributed by atoms with Gasteiger partial charge in [0.1, 0.15) is 12.1 Å². The Morgan fingerprint density at radius 2 is 1.72 bits per heavy atom. The van der Waals surface area contributed by atoms with Crippen molar-refractivity contribution in [1.29, 1.82) is 0 Å². The van der Waals surface area contributed by atoms with E-state index in [4.69, 9.17) is 4.74 Å². The molecule has 0 spiro atoms. The van der Waals surface area contributed by atoms with Crippen molar-refractivity contribution in [3.05, 3.63) is 108 Å². The average molecular weight is 428 g/mol. The Morgan fingerprint density at radius 1 is 1.03 bits per heavy atom. The topological polar surface area (TPSA) is 64.1 Å². The number of carbonyl (C=O) groups is 1. The van der Waals surface area contributed by atoms with Crippen LogP contribution in [-0.4, -0.2) is 29.0 Å². The third-order valence-corrected chi connectivity index (χ3v) is 5.10. The minimum Gasteiger partial charge on any atom is -0.497 e. The fourth-order valence-electron chi connectivity index (χ4n) is 3.41. The van der Waals surface area contributed by atoms with Gasteiger partial charge in [0.2, 0.25) is 5.91 Å². The summed E-state index contributed by atoms with van der Waals surface area (Å²) < 4.78 is 5.26. The van der Waals surface area contributed by atoms with E-state index in [0.717, 1.165) is 47.3 Å². The monoisotopic (exact) mass is 427 g/mol. The Kier molecular flexibility index (Phi) is 8.75. The van der Waals surface area contributed by atoms with Gasteiger partial charge < -0.3 is 10.1 Å². The molecule has 0 unspecified atom stereocenters. The number of allylic oxidation sites excluding steroid dienone is 2. The number of ether oxygens (including phenoxy) is 1. The van der Waals surface area contributed by atoms with E-state index in [0.29, 0.717) is 0 Å². The van der Waals surface area contributed by atoms with Crippen molar-refractivity contribution in [3.63, 3.8) is 0 Å². The van der Waals surface area contributed by atoms with Gasteiger partial charge in [-0.15, -0.1) is 0 Å². The van der Waals surface area contributed by atoms with Gasteiger partial charge in [-0.2, -0.15) is 0 Å². The fraction of sp³-hybridized carbons (Fsp3) is 0.222. The van der Waals surface area contributed by atoms with Crippen molar-refractivity contribution >= 4 is 11.5 Å². The van der Waals surface area contributed by atoms with Crippen LogP contribution in [0, 0.1) is 0 Å². The smallest absolute Gasteiger partial charge is 0.244 e. The van der Waals surface area contributed by atoms with Crippen LogP contribution < -0.4 is 10.1 Å². The van der Waals surface area contributed by atoms with E-state index in [1.165, 1.54) is 6.33 Å². The van der Waals surface area contributed by atoms with E-state index in [1.54, 1.807) is 19.3 Å². The largest absolute Gasteiger partial charge is 0.497 e.